The molecule has 2 aliphatic heterocycles. The van der Waals surface area contributed by atoms with Gasteiger partial charge in [0.15, 0.2) is 0 Å². The summed E-state index contributed by atoms with van der Waals surface area (Å²) in [5.74, 6) is 0.102. The van der Waals surface area contributed by atoms with Gasteiger partial charge < -0.3 is 25.4 Å². The molecule has 7 heteroatoms. The number of aliphatic hydroxyl groups excluding tert-OH is 1. The second-order valence-corrected chi connectivity index (χ2v) is 8.46. The average Bonchev–Trinajstić information content (AvgIpc) is 2.85. The summed E-state index contributed by atoms with van der Waals surface area (Å²) < 4.78 is 5.67. The van der Waals surface area contributed by atoms with Crippen LogP contribution in [-0.2, 0) is 14.3 Å². The van der Waals surface area contributed by atoms with Crippen molar-refractivity contribution >= 4 is 11.8 Å². The van der Waals surface area contributed by atoms with E-state index in [9.17, 15) is 14.7 Å². The third-order valence-corrected chi connectivity index (χ3v) is 4.86. The highest BCUT2D eigenvalue weighted by Crippen LogP contribution is 2.20. The lowest BCUT2D eigenvalue weighted by molar-refractivity contribution is -0.130. The molecule has 2 rings (SSSR count). The van der Waals surface area contributed by atoms with Gasteiger partial charge >= 0.3 is 0 Å². The van der Waals surface area contributed by atoms with Gasteiger partial charge in [-0.15, -0.1) is 0 Å². The molecule has 0 aliphatic carbocycles. The number of ether oxygens (including phenoxy) is 1. The molecule has 0 aromatic carbocycles. The van der Waals surface area contributed by atoms with Crippen LogP contribution in [0.25, 0.3) is 0 Å². The molecule has 2 aliphatic rings. The number of hydrogen-bond acceptors (Lipinski definition) is 5. The van der Waals surface area contributed by atoms with E-state index in [4.69, 9.17) is 4.74 Å². The Morgan fingerprint density at radius 3 is 2.44 bits per heavy atom. The van der Waals surface area contributed by atoms with Gasteiger partial charge in [0.25, 0.3) is 0 Å². The van der Waals surface area contributed by atoms with Crippen LogP contribution in [-0.4, -0.2) is 72.4 Å². The fraction of sp³-hybridized carbons (Fsp3) is 0.889. The minimum absolute atomic E-state index is 0.0173. The largest absolute Gasteiger partial charge is 0.389 e. The lowest BCUT2D eigenvalue weighted by Crippen LogP contribution is -2.52. The van der Waals surface area contributed by atoms with Crippen LogP contribution in [0.4, 0.5) is 0 Å². The summed E-state index contributed by atoms with van der Waals surface area (Å²) in [7, 11) is 0. The summed E-state index contributed by atoms with van der Waals surface area (Å²) in [6.07, 6.45) is 1.21. The van der Waals surface area contributed by atoms with Gasteiger partial charge in [-0.2, -0.15) is 0 Å². The third kappa shape index (κ3) is 6.24. The molecule has 0 aromatic rings. The summed E-state index contributed by atoms with van der Waals surface area (Å²) in [5.41, 5.74) is -0.0575. The molecule has 0 bridgehead atoms. The van der Waals surface area contributed by atoms with Crippen molar-refractivity contribution < 1.29 is 19.4 Å². The summed E-state index contributed by atoms with van der Waals surface area (Å²) >= 11 is 0. The molecule has 2 amide bonds. The Balaban J connectivity index is 1.72. The minimum Gasteiger partial charge on any atom is -0.389 e. The number of rotatable bonds is 5. The highest BCUT2D eigenvalue weighted by atomic mass is 16.5. The number of piperidine rings is 1. The molecule has 0 spiro atoms. The van der Waals surface area contributed by atoms with Crippen molar-refractivity contribution in [3.63, 3.8) is 0 Å². The third-order valence-electron chi connectivity index (χ3n) is 4.86. The zero-order chi connectivity index (χ0) is 18.6. The maximum Gasteiger partial charge on any atom is 0.220 e. The molecule has 3 N–H and O–H groups in total. The van der Waals surface area contributed by atoms with Crippen LogP contribution in [0.3, 0.4) is 0 Å². The van der Waals surface area contributed by atoms with Gasteiger partial charge in [0, 0.05) is 39.0 Å². The van der Waals surface area contributed by atoms with Crippen molar-refractivity contribution in [2.75, 3.05) is 26.2 Å². The molecule has 0 unspecified atom stereocenters. The number of nitrogens with one attached hydrogen (secondary N) is 2. The van der Waals surface area contributed by atoms with Gasteiger partial charge in [0.1, 0.15) is 6.10 Å². The predicted molar refractivity (Wildman–Crippen MR) is 95.0 cm³/mol. The van der Waals surface area contributed by atoms with E-state index in [1.165, 1.54) is 0 Å². The normalized spacial score (nSPS) is 28.2. The lowest BCUT2D eigenvalue weighted by atomic mass is 9.92. The van der Waals surface area contributed by atoms with Crippen molar-refractivity contribution in [3.8, 4) is 0 Å². The molecule has 25 heavy (non-hydrogen) atoms. The zero-order valence-corrected chi connectivity index (χ0v) is 15.9. The molecule has 7 nitrogen and oxygen atoms in total. The number of carbonyl (C=O) groups is 2. The minimum atomic E-state index is -0.638. The molecule has 3 atom stereocenters. The number of carbonyl (C=O) groups excluding carboxylic acids is 2. The first-order valence-corrected chi connectivity index (χ1v) is 9.23. The van der Waals surface area contributed by atoms with E-state index in [1.54, 1.807) is 6.92 Å². The Bertz CT molecular complexity index is 469. The fourth-order valence-corrected chi connectivity index (χ4v) is 3.43. The zero-order valence-electron chi connectivity index (χ0n) is 15.9. The SMILES string of the molecule is CC(=O)N1CCC(N[C@@H]2CO[C@H](CNC(=O)CC(C)(C)C)[C@H]2O)CC1. The second-order valence-electron chi connectivity index (χ2n) is 8.46. The Kier molecular flexibility index (Phi) is 6.82. The van der Waals surface area contributed by atoms with Crippen molar-refractivity contribution in [2.24, 2.45) is 5.41 Å². The van der Waals surface area contributed by atoms with Gasteiger partial charge in [-0.3, -0.25) is 9.59 Å². The monoisotopic (exact) mass is 355 g/mol. The topological polar surface area (TPSA) is 90.9 Å². The maximum atomic E-state index is 11.9. The molecule has 144 valence electrons. The molecule has 2 saturated heterocycles. The van der Waals surface area contributed by atoms with E-state index in [1.807, 2.05) is 25.7 Å². The standard InChI is InChI=1S/C18H33N3O4/c1-12(22)21-7-5-13(6-8-21)20-14-11-25-15(17(14)24)10-19-16(23)9-18(2,3)4/h13-15,17,20,24H,5-11H2,1-4H3,(H,19,23)/t14-,15-,17+/m1/s1. The van der Waals surface area contributed by atoms with Crippen molar-refractivity contribution in [1.29, 1.82) is 0 Å². The maximum absolute atomic E-state index is 11.9. The smallest absolute Gasteiger partial charge is 0.220 e. The van der Waals surface area contributed by atoms with Crippen LogP contribution < -0.4 is 10.6 Å². The first kappa shape index (κ1) is 20.1. The quantitative estimate of drug-likeness (QED) is 0.658. The first-order chi connectivity index (χ1) is 11.7. The van der Waals surface area contributed by atoms with Crippen LogP contribution in [0.2, 0.25) is 0 Å². The van der Waals surface area contributed by atoms with E-state index in [2.05, 4.69) is 10.6 Å². The van der Waals surface area contributed by atoms with Crippen molar-refractivity contribution in [3.05, 3.63) is 0 Å². The molecule has 2 fully saturated rings. The summed E-state index contributed by atoms with van der Waals surface area (Å²) in [5, 5.41) is 16.8. The van der Waals surface area contributed by atoms with Crippen molar-refractivity contribution in [1.82, 2.24) is 15.5 Å². The highest BCUT2D eigenvalue weighted by Gasteiger charge is 2.37. The molecule has 0 saturated carbocycles. The number of nitrogens with zero attached hydrogens (tertiary/aromatic N) is 1. The molecule has 0 aromatic heterocycles. The van der Waals surface area contributed by atoms with Crippen LogP contribution in [0.5, 0.6) is 0 Å². The fourth-order valence-electron chi connectivity index (χ4n) is 3.43. The van der Waals surface area contributed by atoms with Gasteiger partial charge in [-0.25, -0.2) is 0 Å². The van der Waals surface area contributed by atoms with E-state index in [0.717, 1.165) is 25.9 Å². The lowest BCUT2D eigenvalue weighted by Gasteiger charge is -2.33. The van der Waals surface area contributed by atoms with E-state index in [-0.39, 0.29) is 35.4 Å². The number of amides is 2. The van der Waals surface area contributed by atoms with Gasteiger partial charge in [-0.05, 0) is 18.3 Å². The van der Waals surface area contributed by atoms with Gasteiger partial charge in [0.05, 0.1) is 18.8 Å². The van der Waals surface area contributed by atoms with Gasteiger partial charge in [0.2, 0.25) is 11.8 Å². The average molecular weight is 355 g/mol. The van der Waals surface area contributed by atoms with Crippen LogP contribution in [0, 0.1) is 5.41 Å². The Labute approximate surface area is 150 Å². The predicted octanol–water partition coefficient (Wildman–Crippen LogP) is 0.268. The van der Waals surface area contributed by atoms with E-state index < -0.39 is 6.10 Å². The van der Waals surface area contributed by atoms with Crippen LogP contribution in [0.15, 0.2) is 0 Å². The van der Waals surface area contributed by atoms with E-state index >= 15 is 0 Å². The summed E-state index contributed by atoms with van der Waals surface area (Å²) in [6.45, 7) is 9.93. The van der Waals surface area contributed by atoms with Crippen molar-refractivity contribution in [2.45, 2.75) is 71.2 Å². The Morgan fingerprint density at radius 1 is 1.24 bits per heavy atom. The highest BCUT2D eigenvalue weighted by molar-refractivity contribution is 5.76. The molecular formula is C18H33N3O4. The Morgan fingerprint density at radius 2 is 1.88 bits per heavy atom. The van der Waals surface area contributed by atoms with Gasteiger partial charge in [-0.1, -0.05) is 20.8 Å². The summed E-state index contributed by atoms with van der Waals surface area (Å²) in [4.78, 5) is 25.1. The molecular weight excluding hydrogens is 322 g/mol. The Hall–Kier alpha value is -1.18. The number of hydrogen-bond donors (Lipinski definition) is 3. The van der Waals surface area contributed by atoms with Crippen LogP contribution >= 0.6 is 0 Å². The molecule has 2 heterocycles. The first-order valence-electron chi connectivity index (χ1n) is 9.23. The van der Waals surface area contributed by atoms with E-state index in [0.29, 0.717) is 19.6 Å². The van der Waals surface area contributed by atoms with Crippen LogP contribution in [0.1, 0.15) is 47.0 Å². The number of likely N-dealkylation sites (tertiary alicyclic amines) is 1. The molecule has 0 radical (unpaired) electrons. The number of aliphatic hydroxyl groups is 1. The summed E-state index contributed by atoms with van der Waals surface area (Å²) in [6, 6.07) is 0.159. The second kappa shape index (κ2) is 8.47.